The van der Waals surface area contributed by atoms with E-state index in [0.29, 0.717) is 17.9 Å². The highest BCUT2D eigenvalue weighted by Gasteiger charge is 2.24. The quantitative estimate of drug-likeness (QED) is 0.889. The Labute approximate surface area is 130 Å². The molecule has 2 N–H and O–H groups in total. The molecule has 0 bridgehead atoms. The van der Waals surface area contributed by atoms with Gasteiger partial charge in [-0.25, -0.2) is 4.98 Å². The fraction of sp³-hybridized carbons (Fsp3) is 0.588. The molecule has 0 spiro atoms. The van der Waals surface area contributed by atoms with Gasteiger partial charge in [0.25, 0.3) is 0 Å². The highest BCUT2D eigenvalue weighted by Crippen LogP contribution is 2.30. The number of ether oxygens (including phenoxy) is 1. The first-order valence-electron chi connectivity index (χ1n) is 7.97. The summed E-state index contributed by atoms with van der Waals surface area (Å²) in [5.41, 5.74) is 2.62. The number of aliphatic hydroxyl groups excluding tert-OH is 1. The summed E-state index contributed by atoms with van der Waals surface area (Å²) < 4.78 is 11.2. The van der Waals surface area contributed by atoms with E-state index < -0.39 is 0 Å². The fourth-order valence-electron chi connectivity index (χ4n) is 3.00. The lowest BCUT2D eigenvalue weighted by atomic mass is 10.1. The smallest absolute Gasteiger partial charge is 0.198 e. The average molecular weight is 304 g/mol. The number of fused-ring (bicyclic) bond motifs is 1. The molecule has 0 aliphatic heterocycles. The van der Waals surface area contributed by atoms with Gasteiger partial charge in [-0.2, -0.15) is 0 Å². The lowest BCUT2D eigenvalue weighted by Gasteiger charge is -2.16. The largest absolute Gasteiger partial charge is 0.493 e. The van der Waals surface area contributed by atoms with Gasteiger partial charge in [-0.15, -0.1) is 0 Å². The normalized spacial score (nSPS) is 21.9. The van der Waals surface area contributed by atoms with Gasteiger partial charge in [-0.1, -0.05) is 13.8 Å². The first-order chi connectivity index (χ1) is 10.6. The molecule has 0 saturated heterocycles. The second-order valence-corrected chi connectivity index (χ2v) is 6.34. The molecular formula is C17H24N2O3. The van der Waals surface area contributed by atoms with Crippen molar-refractivity contribution >= 4 is 11.1 Å². The minimum absolute atomic E-state index is 0.185. The van der Waals surface area contributed by atoms with Crippen molar-refractivity contribution in [2.45, 2.75) is 57.7 Å². The van der Waals surface area contributed by atoms with Crippen LogP contribution in [0.15, 0.2) is 16.5 Å². The van der Waals surface area contributed by atoms with Crippen LogP contribution in [0.25, 0.3) is 11.1 Å². The number of hydrogen-bond donors (Lipinski definition) is 2. The summed E-state index contributed by atoms with van der Waals surface area (Å²) >= 11 is 0. The average Bonchev–Trinajstić information content (AvgIpc) is 3.10. The second kappa shape index (κ2) is 6.26. The zero-order chi connectivity index (χ0) is 15.7. The van der Waals surface area contributed by atoms with Gasteiger partial charge in [0.2, 0.25) is 0 Å². The molecule has 22 heavy (non-hydrogen) atoms. The molecule has 3 rings (SSSR count). The third kappa shape index (κ3) is 2.96. The van der Waals surface area contributed by atoms with Crippen LogP contribution in [-0.4, -0.2) is 29.3 Å². The SMILES string of the molecule is COc1cc(CN[C@H]2CCC[C@@H]2O)cc2nc(C(C)C)oc12. The number of nitrogens with one attached hydrogen (secondary N) is 1. The van der Waals surface area contributed by atoms with Gasteiger partial charge in [-0.3, -0.25) is 0 Å². The number of benzene rings is 1. The Bertz CT molecular complexity index is 651. The van der Waals surface area contributed by atoms with E-state index in [1.54, 1.807) is 7.11 Å². The van der Waals surface area contributed by atoms with Crippen molar-refractivity contribution in [3.63, 3.8) is 0 Å². The molecule has 5 nitrogen and oxygen atoms in total. The number of oxazole rings is 1. The van der Waals surface area contributed by atoms with E-state index in [1.807, 2.05) is 12.1 Å². The van der Waals surface area contributed by atoms with Gasteiger partial charge in [0.15, 0.2) is 17.2 Å². The van der Waals surface area contributed by atoms with E-state index in [9.17, 15) is 5.11 Å². The van der Waals surface area contributed by atoms with E-state index in [2.05, 4.69) is 24.1 Å². The maximum atomic E-state index is 9.89. The number of aliphatic hydroxyl groups is 1. The van der Waals surface area contributed by atoms with E-state index >= 15 is 0 Å². The molecule has 1 aliphatic carbocycles. The summed E-state index contributed by atoms with van der Waals surface area (Å²) in [6.45, 7) is 4.81. The fourth-order valence-corrected chi connectivity index (χ4v) is 3.00. The van der Waals surface area contributed by atoms with Crippen LogP contribution >= 0.6 is 0 Å². The molecule has 2 aromatic rings. The minimum Gasteiger partial charge on any atom is -0.493 e. The van der Waals surface area contributed by atoms with Crippen molar-refractivity contribution in [3.05, 3.63) is 23.6 Å². The summed E-state index contributed by atoms with van der Waals surface area (Å²) in [7, 11) is 1.64. The summed E-state index contributed by atoms with van der Waals surface area (Å²) in [5, 5.41) is 13.3. The van der Waals surface area contributed by atoms with Crippen LogP contribution < -0.4 is 10.1 Å². The Morgan fingerprint density at radius 2 is 2.23 bits per heavy atom. The van der Waals surface area contributed by atoms with E-state index in [1.165, 1.54) is 0 Å². The molecule has 120 valence electrons. The molecule has 1 saturated carbocycles. The van der Waals surface area contributed by atoms with Crippen LogP contribution in [0.2, 0.25) is 0 Å². The molecule has 1 heterocycles. The van der Waals surface area contributed by atoms with E-state index in [4.69, 9.17) is 9.15 Å². The molecule has 1 aliphatic rings. The van der Waals surface area contributed by atoms with Crippen LogP contribution in [0.3, 0.4) is 0 Å². The number of nitrogens with zero attached hydrogens (tertiary/aromatic N) is 1. The Balaban J connectivity index is 1.83. The number of rotatable bonds is 5. The van der Waals surface area contributed by atoms with E-state index in [-0.39, 0.29) is 18.1 Å². The van der Waals surface area contributed by atoms with Gasteiger partial charge in [-0.05, 0) is 37.0 Å². The summed E-state index contributed by atoms with van der Waals surface area (Å²) in [6, 6.07) is 4.19. The molecule has 0 amide bonds. The van der Waals surface area contributed by atoms with Gasteiger partial charge < -0.3 is 19.6 Å². The highest BCUT2D eigenvalue weighted by atomic mass is 16.5. The van der Waals surface area contributed by atoms with Gasteiger partial charge >= 0.3 is 0 Å². The van der Waals surface area contributed by atoms with Crippen LogP contribution in [0.1, 0.15) is 50.5 Å². The summed E-state index contributed by atoms with van der Waals surface area (Å²) in [6.07, 6.45) is 2.77. The standard InChI is InChI=1S/C17H24N2O3/c1-10(2)17-19-13-7-11(8-15(21-3)16(13)22-17)9-18-12-5-4-6-14(12)20/h7-8,10,12,14,18,20H,4-6,9H2,1-3H3/t12-,14-/m0/s1. The van der Waals surface area contributed by atoms with Crippen molar-refractivity contribution in [1.82, 2.24) is 10.3 Å². The zero-order valence-corrected chi connectivity index (χ0v) is 13.4. The number of hydrogen-bond acceptors (Lipinski definition) is 5. The van der Waals surface area contributed by atoms with E-state index in [0.717, 1.165) is 36.2 Å². The van der Waals surface area contributed by atoms with Crippen molar-refractivity contribution in [1.29, 1.82) is 0 Å². The monoisotopic (exact) mass is 304 g/mol. The maximum absolute atomic E-state index is 9.89. The van der Waals surface area contributed by atoms with Crippen LogP contribution in [-0.2, 0) is 6.54 Å². The molecule has 5 heteroatoms. The first-order valence-corrected chi connectivity index (χ1v) is 7.97. The molecule has 1 aromatic carbocycles. The van der Waals surface area contributed by atoms with Crippen LogP contribution in [0.5, 0.6) is 5.75 Å². The van der Waals surface area contributed by atoms with Crippen molar-refractivity contribution in [2.24, 2.45) is 0 Å². The Hall–Kier alpha value is -1.59. The van der Waals surface area contributed by atoms with Crippen molar-refractivity contribution in [2.75, 3.05) is 7.11 Å². The molecular weight excluding hydrogens is 280 g/mol. The second-order valence-electron chi connectivity index (χ2n) is 6.34. The van der Waals surface area contributed by atoms with Gasteiger partial charge in [0.1, 0.15) is 5.52 Å². The lowest BCUT2D eigenvalue weighted by Crippen LogP contribution is -2.35. The molecule has 1 fully saturated rings. The third-order valence-electron chi connectivity index (χ3n) is 4.29. The molecule has 0 radical (unpaired) electrons. The van der Waals surface area contributed by atoms with Crippen molar-refractivity contribution < 1.29 is 14.3 Å². The number of methoxy groups -OCH3 is 1. The third-order valence-corrected chi connectivity index (χ3v) is 4.29. The highest BCUT2D eigenvalue weighted by molar-refractivity contribution is 5.80. The number of aromatic nitrogens is 1. The first kappa shape index (κ1) is 15.3. The van der Waals surface area contributed by atoms with Crippen LogP contribution in [0, 0.1) is 0 Å². The predicted octanol–water partition coefficient (Wildman–Crippen LogP) is 2.96. The van der Waals surface area contributed by atoms with Gasteiger partial charge in [0, 0.05) is 18.5 Å². The van der Waals surface area contributed by atoms with Crippen molar-refractivity contribution in [3.8, 4) is 5.75 Å². The molecule has 0 unspecified atom stereocenters. The van der Waals surface area contributed by atoms with Crippen LogP contribution in [0.4, 0.5) is 0 Å². The topological polar surface area (TPSA) is 67.5 Å². The Kier molecular flexibility index (Phi) is 4.36. The zero-order valence-electron chi connectivity index (χ0n) is 13.4. The minimum atomic E-state index is -0.231. The Morgan fingerprint density at radius 3 is 2.86 bits per heavy atom. The Morgan fingerprint density at radius 1 is 1.41 bits per heavy atom. The predicted molar refractivity (Wildman–Crippen MR) is 85.1 cm³/mol. The summed E-state index contributed by atoms with van der Waals surface area (Å²) in [4.78, 5) is 4.55. The lowest BCUT2D eigenvalue weighted by molar-refractivity contribution is 0.148. The summed E-state index contributed by atoms with van der Waals surface area (Å²) in [5.74, 6) is 1.68. The molecule has 1 aromatic heterocycles. The maximum Gasteiger partial charge on any atom is 0.198 e. The molecule has 2 atom stereocenters. The van der Waals surface area contributed by atoms with Gasteiger partial charge in [0.05, 0.1) is 13.2 Å².